The van der Waals surface area contributed by atoms with E-state index in [1.807, 2.05) is 165 Å². The maximum absolute atomic E-state index is 4.36. The van der Waals surface area contributed by atoms with E-state index in [0.29, 0.717) is 11.8 Å². The van der Waals surface area contributed by atoms with Crippen molar-refractivity contribution >= 4 is 165 Å². The summed E-state index contributed by atoms with van der Waals surface area (Å²) in [4.78, 5) is 27.4. The second kappa shape index (κ2) is 19.6. The van der Waals surface area contributed by atoms with Gasteiger partial charge in [-0.3, -0.25) is 0 Å². The first-order valence-corrected chi connectivity index (χ1v) is 35.4. The molecule has 0 aliphatic carbocycles. The van der Waals surface area contributed by atoms with Crippen LogP contribution < -0.4 is 0 Å². The van der Waals surface area contributed by atoms with E-state index >= 15 is 0 Å². The Morgan fingerprint density at radius 3 is 0.985 bits per heavy atom. The maximum Gasteiger partial charge on any atom is 0.0708 e. The summed E-state index contributed by atoms with van der Waals surface area (Å²) in [7, 11) is 0. The van der Waals surface area contributed by atoms with Crippen molar-refractivity contribution in [3.8, 4) is 0 Å². The molecule has 3 nitrogen and oxygen atoms in total. The zero-order chi connectivity index (χ0) is 48.6. The number of hydrogen-bond acceptors (Lipinski definition) is 14. The standard InChI is InChI=1S/C51H63N3S14/c1-17-19-55-40-26(7)59-43(67-40)46-62-29-31(64-46)37-51(15,16)39-33-32(65-47(66-33)44-60-27(8)41(68-44)56-20-18-2)38(54-39)50(13,14)36-30-28(61-45(63-30)42-57-24(5)25(6)58-42)34(52-36)48(9,10)22(3)21-23(4)49(11,12)35(29)53-37/h22-23,52-54H,17-21H2,1-16H3/b46-43-,47-44-. The zero-order valence-electron chi connectivity index (χ0n) is 41.9. The molecule has 7 aliphatic rings. The van der Waals surface area contributed by atoms with Crippen LogP contribution in [-0.2, 0) is 21.7 Å². The average Bonchev–Trinajstić information content (AvgIpc) is 4.12. The molecular formula is C51H63N3S14. The van der Waals surface area contributed by atoms with E-state index in [1.165, 1.54) is 141 Å². The molecule has 0 spiro atoms. The molecular weight excluding hydrogens is 1100 g/mol. The summed E-state index contributed by atoms with van der Waals surface area (Å²) in [6.07, 6.45) is 3.51. The first kappa shape index (κ1) is 52.6. The number of thioether (sulfide) groups is 14. The molecule has 2 unspecified atom stereocenters. The van der Waals surface area contributed by atoms with Crippen LogP contribution in [0, 0.1) is 11.8 Å². The number of aromatic nitrogens is 3. The monoisotopic (exact) mass is 1170 g/mol. The molecule has 10 rings (SSSR count). The van der Waals surface area contributed by atoms with Crippen molar-refractivity contribution in [2.24, 2.45) is 11.8 Å². The molecule has 0 aromatic carbocycles. The van der Waals surface area contributed by atoms with Crippen molar-refractivity contribution in [2.75, 3.05) is 11.5 Å². The summed E-state index contributed by atoms with van der Waals surface area (Å²) >= 11 is 28.3. The van der Waals surface area contributed by atoms with Gasteiger partial charge in [0.2, 0.25) is 0 Å². The molecule has 0 saturated heterocycles. The fourth-order valence-corrected chi connectivity index (χ4v) is 30.0. The lowest BCUT2D eigenvalue weighted by atomic mass is 9.67. The molecule has 3 aromatic rings. The highest BCUT2D eigenvalue weighted by Crippen LogP contribution is 2.70. The Morgan fingerprint density at radius 2 is 0.662 bits per heavy atom. The highest BCUT2D eigenvalue weighted by atomic mass is 32.2. The molecule has 0 saturated carbocycles. The fourth-order valence-electron chi connectivity index (χ4n) is 9.44. The van der Waals surface area contributed by atoms with Crippen LogP contribution in [0.15, 0.2) is 82.9 Å². The van der Waals surface area contributed by atoms with E-state index in [4.69, 9.17) is 0 Å². The Labute approximate surface area is 466 Å². The van der Waals surface area contributed by atoms with Crippen LogP contribution in [-0.4, -0.2) is 26.5 Å². The molecule has 6 bridgehead atoms. The lowest BCUT2D eigenvalue weighted by molar-refractivity contribution is 0.216. The summed E-state index contributed by atoms with van der Waals surface area (Å²) in [5.74, 6) is 3.18. The van der Waals surface area contributed by atoms with Crippen molar-refractivity contribution in [3.63, 3.8) is 0 Å². The van der Waals surface area contributed by atoms with E-state index in [1.54, 1.807) is 0 Å². The van der Waals surface area contributed by atoms with Gasteiger partial charge >= 0.3 is 0 Å². The molecule has 7 aliphatic heterocycles. The molecule has 10 heterocycles. The van der Waals surface area contributed by atoms with Gasteiger partial charge in [-0.2, -0.15) is 0 Å². The van der Waals surface area contributed by atoms with Crippen LogP contribution >= 0.6 is 165 Å². The minimum atomic E-state index is -0.350. The third-order valence-corrected chi connectivity index (χ3v) is 35.4. The minimum Gasteiger partial charge on any atom is -0.359 e. The van der Waals surface area contributed by atoms with Gasteiger partial charge in [0, 0.05) is 95.0 Å². The van der Waals surface area contributed by atoms with Crippen LogP contribution in [0.2, 0.25) is 0 Å². The summed E-state index contributed by atoms with van der Waals surface area (Å²) in [6.45, 7) is 39.0. The first-order valence-electron chi connectivity index (χ1n) is 23.6. The third kappa shape index (κ3) is 8.96. The van der Waals surface area contributed by atoms with E-state index in [-0.39, 0.29) is 21.7 Å². The predicted octanol–water partition coefficient (Wildman–Crippen LogP) is 21.9. The van der Waals surface area contributed by atoms with Crippen LogP contribution in [0.3, 0.4) is 0 Å². The van der Waals surface area contributed by atoms with Gasteiger partial charge in [-0.05, 0) is 108 Å². The molecule has 366 valence electrons. The van der Waals surface area contributed by atoms with Crippen molar-refractivity contribution in [3.05, 3.63) is 87.7 Å². The normalized spacial score (nSPS) is 27.2. The fraction of sp³-hybridized carbons (Fsp3) is 0.529. The maximum atomic E-state index is 4.36. The Bertz CT molecular complexity index is 2820. The van der Waals surface area contributed by atoms with Gasteiger partial charge in [0.1, 0.15) is 0 Å². The molecule has 0 fully saturated rings. The Balaban J connectivity index is 1.16. The third-order valence-electron chi connectivity index (χ3n) is 14.7. The summed E-state index contributed by atoms with van der Waals surface area (Å²) in [6, 6.07) is 0. The number of aromatic amines is 3. The Hall–Kier alpha value is 1.18. The second-order valence-corrected chi connectivity index (χ2v) is 38.1. The molecule has 3 N–H and O–H groups in total. The topological polar surface area (TPSA) is 47.4 Å². The van der Waals surface area contributed by atoms with Gasteiger partial charge in [0.05, 0.1) is 33.9 Å². The van der Waals surface area contributed by atoms with Gasteiger partial charge in [0.15, 0.2) is 0 Å². The summed E-state index contributed by atoms with van der Waals surface area (Å²) < 4.78 is 11.7. The van der Waals surface area contributed by atoms with Gasteiger partial charge in [0.25, 0.3) is 0 Å². The van der Waals surface area contributed by atoms with Crippen LogP contribution in [0.1, 0.15) is 164 Å². The van der Waals surface area contributed by atoms with E-state index in [9.17, 15) is 0 Å². The van der Waals surface area contributed by atoms with Gasteiger partial charge in [-0.1, -0.05) is 197 Å². The van der Waals surface area contributed by atoms with Gasteiger partial charge in [-0.15, -0.1) is 23.5 Å². The number of rotatable bonds is 6. The highest BCUT2D eigenvalue weighted by molar-refractivity contribution is 8.38. The predicted molar refractivity (Wildman–Crippen MR) is 327 cm³/mol. The van der Waals surface area contributed by atoms with Crippen molar-refractivity contribution < 1.29 is 0 Å². The van der Waals surface area contributed by atoms with Crippen molar-refractivity contribution in [1.82, 2.24) is 15.0 Å². The summed E-state index contributed by atoms with van der Waals surface area (Å²) in [5, 5.41) is 0. The molecule has 0 radical (unpaired) electrons. The zero-order valence-corrected chi connectivity index (χ0v) is 53.3. The largest absolute Gasteiger partial charge is 0.359 e. The Morgan fingerprint density at radius 1 is 0.397 bits per heavy atom. The SMILES string of the molecule is CCCSC1=C(C)S/C(=C2\Sc3c4[nH]c(c3S2)C(C)(C)c2[nH]c(c3c2S/C(=C2/SC(C)=C(SCCC)S2)S3)C(C)(C)C(C)CC(C)C(C)(C)c2[nH]c(c3c2SC(=C2SC(C)=C(C)S2)S3)C4(C)C)S1. The number of allylic oxidation sites excluding steroid dienone is 4. The van der Waals surface area contributed by atoms with Gasteiger partial charge in [-0.25, -0.2) is 0 Å². The molecule has 68 heavy (non-hydrogen) atoms. The number of fused-ring (bicyclic) bond motifs is 15. The van der Waals surface area contributed by atoms with Crippen LogP contribution in [0.5, 0.6) is 0 Å². The highest BCUT2D eigenvalue weighted by Gasteiger charge is 2.49. The molecule has 3 aromatic heterocycles. The van der Waals surface area contributed by atoms with Crippen molar-refractivity contribution in [1.29, 1.82) is 0 Å². The summed E-state index contributed by atoms with van der Waals surface area (Å²) in [5.41, 5.74) is 7.29. The van der Waals surface area contributed by atoms with E-state index in [2.05, 4.69) is 126 Å². The second-order valence-electron chi connectivity index (χ2n) is 20.8. The minimum absolute atomic E-state index is 0.101. The first-order chi connectivity index (χ1) is 32.1. The number of nitrogens with one attached hydrogen (secondary N) is 3. The smallest absolute Gasteiger partial charge is 0.0708 e. The van der Waals surface area contributed by atoms with Crippen LogP contribution in [0.4, 0.5) is 0 Å². The number of H-pyrrole nitrogens is 3. The Kier molecular flexibility index (Phi) is 15.2. The average molecular weight is 1170 g/mol. The van der Waals surface area contributed by atoms with Crippen molar-refractivity contribution in [2.45, 2.75) is 181 Å². The molecule has 17 heteroatoms. The lowest BCUT2D eigenvalue weighted by Crippen LogP contribution is -2.35. The number of hydrogen-bond donors (Lipinski definition) is 3. The lowest BCUT2D eigenvalue weighted by Gasteiger charge is -2.39. The quantitative estimate of drug-likeness (QED) is 0.220. The van der Waals surface area contributed by atoms with Crippen LogP contribution in [0.25, 0.3) is 0 Å². The van der Waals surface area contributed by atoms with E-state index in [0.717, 1.165) is 6.42 Å². The molecule has 0 amide bonds. The molecule has 2 atom stereocenters. The van der Waals surface area contributed by atoms with E-state index < -0.39 is 0 Å². The van der Waals surface area contributed by atoms with Gasteiger partial charge < -0.3 is 15.0 Å².